The summed E-state index contributed by atoms with van der Waals surface area (Å²) in [6.07, 6.45) is 2.78. The van der Waals surface area contributed by atoms with Crippen LogP contribution in [0.4, 0.5) is 0 Å². The second-order valence-electron chi connectivity index (χ2n) is 7.33. The average Bonchev–Trinajstić information content (AvgIpc) is 3.10. The molecule has 0 aliphatic rings. The highest BCUT2D eigenvalue weighted by molar-refractivity contribution is 7.89. The number of nitrogens with zero attached hydrogens (tertiary/aromatic N) is 4. The van der Waals surface area contributed by atoms with Gasteiger partial charge in [0, 0.05) is 6.42 Å². The summed E-state index contributed by atoms with van der Waals surface area (Å²) in [6.45, 7) is 7.02. The Kier molecular flexibility index (Phi) is 7.36. The Morgan fingerprint density at radius 1 is 0.967 bits per heavy atom. The SMILES string of the molecule is CCCN(CCC)Cc1nc(Cc2ccccc2)n(-c2ccc(S(N)(=O)=O)cc2)n1. The first-order valence-electron chi connectivity index (χ1n) is 10.2. The smallest absolute Gasteiger partial charge is 0.238 e. The zero-order chi connectivity index (χ0) is 21.6. The predicted molar refractivity (Wildman–Crippen MR) is 118 cm³/mol. The Morgan fingerprint density at radius 3 is 2.17 bits per heavy atom. The van der Waals surface area contributed by atoms with Gasteiger partial charge in [-0.3, -0.25) is 4.90 Å². The number of aromatic nitrogens is 3. The van der Waals surface area contributed by atoms with Crippen molar-refractivity contribution in [3.8, 4) is 5.69 Å². The summed E-state index contributed by atoms with van der Waals surface area (Å²) in [4.78, 5) is 7.26. The Balaban J connectivity index is 1.95. The van der Waals surface area contributed by atoms with E-state index >= 15 is 0 Å². The molecule has 0 unspecified atom stereocenters. The molecule has 1 heterocycles. The fraction of sp³-hybridized carbons (Fsp3) is 0.364. The zero-order valence-electron chi connectivity index (χ0n) is 17.5. The van der Waals surface area contributed by atoms with Crippen molar-refractivity contribution in [3.05, 3.63) is 71.8 Å². The normalized spacial score (nSPS) is 11.9. The number of hydrogen-bond donors (Lipinski definition) is 1. The topological polar surface area (TPSA) is 94.1 Å². The van der Waals surface area contributed by atoms with Crippen LogP contribution in [-0.2, 0) is 23.0 Å². The fourth-order valence-electron chi connectivity index (χ4n) is 3.44. The summed E-state index contributed by atoms with van der Waals surface area (Å²) < 4.78 is 24.9. The first kappa shape index (κ1) is 22.1. The summed E-state index contributed by atoms with van der Waals surface area (Å²) in [7, 11) is -3.74. The van der Waals surface area contributed by atoms with Crippen molar-refractivity contribution in [2.75, 3.05) is 13.1 Å². The Labute approximate surface area is 178 Å². The maximum absolute atomic E-state index is 11.6. The van der Waals surface area contributed by atoms with E-state index in [2.05, 4.69) is 30.9 Å². The van der Waals surface area contributed by atoms with Gasteiger partial charge < -0.3 is 0 Å². The molecular formula is C22H29N5O2S. The Morgan fingerprint density at radius 2 is 1.60 bits per heavy atom. The fourth-order valence-corrected chi connectivity index (χ4v) is 3.95. The molecule has 3 aromatic rings. The van der Waals surface area contributed by atoms with Gasteiger partial charge in [0.05, 0.1) is 17.1 Å². The van der Waals surface area contributed by atoms with E-state index < -0.39 is 10.0 Å². The van der Waals surface area contributed by atoms with Crippen molar-refractivity contribution in [1.82, 2.24) is 19.7 Å². The number of sulfonamides is 1. The van der Waals surface area contributed by atoms with Crippen molar-refractivity contribution in [2.45, 2.75) is 44.6 Å². The van der Waals surface area contributed by atoms with Crippen LogP contribution in [0.25, 0.3) is 5.69 Å². The lowest BCUT2D eigenvalue weighted by molar-refractivity contribution is 0.260. The van der Waals surface area contributed by atoms with Crippen LogP contribution in [0.5, 0.6) is 0 Å². The largest absolute Gasteiger partial charge is 0.296 e. The van der Waals surface area contributed by atoms with Gasteiger partial charge >= 0.3 is 0 Å². The molecule has 0 aliphatic heterocycles. The highest BCUT2D eigenvalue weighted by Gasteiger charge is 2.16. The molecule has 160 valence electrons. The second-order valence-corrected chi connectivity index (χ2v) is 8.89. The first-order valence-corrected chi connectivity index (χ1v) is 11.8. The summed E-state index contributed by atoms with van der Waals surface area (Å²) in [5.41, 5.74) is 1.89. The number of primary sulfonamides is 1. The van der Waals surface area contributed by atoms with Crippen LogP contribution in [0.15, 0.2) is 59.5 Å². The first-order chi connectivity index (χ1) is 14.4. The van der Waals surface area contributed by atoms with Crippen molar-refractivity contribution >= 4 is 10.0 Å². The summed E-state index contributed by atoms with van der Waals surface area (Å²) in [5.74, 6) is 1.57. The lowest BCUT2D eigenvalue weighted by atomic mass is 10.1. The molecule has 0 saturated carbocycles. The van der Waals surface area contributed by atoms with Gasteiger partial charge in [0.15, 0.2) is 5.82 Å². The molecule has 2 aromatic carbocycles. The molecule has 3 rings (SSSR count). The molecule has 0 radical (unpaired) electrons. The molecule has 1 aromatic heterocycles. The molecule has 7 nitrogen and oxygen atoms in total. The lowest BCUT2D eigenvalue weighted by Crippen LogP contribution is -2.25. The van der Waals surface area contributed by atoms with Gasteiger partial charge in [-0.25, -0.2) is 23.2 Å². The Bertz CT molecular complexity index is 1040. The molecule has 30 heavy (non-hydrogen) atoms. The van der Waals surface area contributed by atoms with E-state index in [9.17, 15) is 8.42 Å². The molecule has 8 heteroatoms. The highest BCUT2D eigenvalue weighted by Crippen LogP contribution is 2.17. The molecule has 0 spiro atoms. The summed E-state index contributed by atoms with van der Waals surface area (Å²) >= 11 is 0. The molecule has 0 aliphatic carbocycles. The minimum atomic E-state index is -3.74. The van der Waals surface area contributed by atoms with Crippen LogP contribution in [0.2, 0.25) is 0 Å². The summed E-state index contributed by atoms with van der Waals surface area (Å²) in [5, 5.41) is 9.98. The quantitative estimate of drug-likeness (QED) is 0.536. The van der Waals surface area contributed by atoms with Crippen LogP contribution in [0.3, 0.4) is 0 Å². The number of benzene rings is 2. The van der Waals surface area contributed by atoms with Crippen molar-refractivity contribution in [2.24, 2.45) is 5.14 Å². The summed E-state index contributed by atoms with van der Waals surface area (Å²) in [6, 6.07) is 16.5. The number of nitrogens with two attached hydrogens (primary N) is 1. The third-order valence-corrected chi connectivity index (χ3v) is 5.71. The molecule has 0 amide bonds. The van der Waals surface area contributed by atoms with E-state index in [1.807, 2.05) is 18.2 Å². The highest BCUT2D eigenvalue weighted by atomic mass is 32.2. The van der Waals surface area contributed by atoms with Gasteiger partial charge in [0.2, 0.25) is 10.0 Å². The van der Waals surface area contributed by atoms with Crippen LogP contribution in [0.1, 0.15) is 43.9 Å². The Hall–Kier alpha value is -2.55. The van der Waals surface area contributed by atoms with E-state index in [-0.39, 0.29) is 4.90 Å². The van der Waals surface area contributed by atoms with E-state index in [1.54, 1.807) is 16.8 Å². The van der Waals surface area contributed by atoms with E-state index in [0.717, 1.165) is 48.8 Å². The van der Waals surface area contributed by atoms with Crippen LogP contribution in [0, 0.1) is 0 Å². The van der Waals surface area contributed by atoms with Crippen molar-refractivity contribution < 1.29 is 8.42 Å². The molecule has 2 N–H and O–H groups in total. The van der Waals surface area contributed by atoms with Crippen LogP contribution >= 0.6 is 0 Å². The van der Waals surface area contributed by atoms with Gasteiger partial charge in [-0.05, 0) is 55.8 Å². The standard InChI is InChI=1S/C22H29N5O2S/c1-3-14-26(15-4-2)17-21-24-22(16-18-8-6-5-7-9-18)27(25-21)19-10-12-20(13-11-19)30(23,28)29/h5-13H,3-4,14-17H2,1-2H3,(H2,23,28,29). The average molecular weight is 428 g/mol. The molecular weight excluding hydrogens is 398 g/mol. The molecule has 0 bridgehead atoms. The van der Waals surface area contributed by atoms with E-state index in [1.165, 1.54) is 12.1 Å². The van der Waals surface area contributed by atoms with Gasteiger partial charge in [-0.1, -0.05) is 44.2 Å². The van der Waals surface area contributed by atoms with Crippen molar-refractivity contribution in [1.29, 1.82) is 0 Å². The maximum Gasteiger partial charge on any atom is 0.238 e. The number of hydrogen-bond acceptors (Lipinski definition) is 5. The van der Waals surface area contributed by atoms with E-state index in [0.29, 0.717) is 13.0 Å². The van der Waals surface area contributed by atoms with Gasteiger partial charge in [-0.15, -0.1) is 5.10 Å². The second kappa shape index (κ2) is 9.97. The number of rotatable bonds is 10. The third-order valence-electron chi connectivity index (χ3n) is 4.78. The monoisotopic (exact) mass is 427 g/mol. The zero-order valence-corrected chi connectivity index (χ0v) is 18.3. The van der Waals surface area contributed by atoms with Gasteiger partial charge in [0.25, 0.3) is 0 Å². The minimum Gasteiger partial charge on any atom is -0.296 e. The van der Waals surface area contributed by atoms with Crippen LogP contribution in [-0.4, -0.2) is 41.2 Å². The molecule has 0 fully saturated rings. The van der Waals surface area contributed by atoms with Crippen molar-refractivity contribution in [3.63, 3.8) is 0 Å². The van der Waals surface area contributed by atoms with E-state index in [4.69, 9.17) is 15.2 Å². The van der Waals surface area contributed by atoms with Crippen LogP contribution < -0.4 is 5.14 Å². The third kappa shape index (κ3) is 5.75. The lowest BCUT2D eigenvalue weighted by Gasteiger charge is -2.18. The minimum absolute atomic E-state index is 0.0771. The predicted octanol–water partition coefficient (Wildman–Crippen LogP) is 3.13. The van der Waals surface area contributed by atoms with Gasteiger partial charge in [0.1, 0.15) is 5.82 Å². The van der Waals surface area contributed by atoms with Gasteiger partial charge in [-0.2, -0.15) is 0 Å². The maximum atomic E-state index is 11.6. The molecule has 0 saturated heterocycles. The molecule has 0 atom stereocenters.